The van der Waals surface area contributed by atoms with Gasteiger partial charge in [0.05, 0.1) is 13.7 Å². The Balaban J connectivity index is 2.11. The summed E-state index contributed by atoms with van der Waals surface area (Å²) >= 11 is 0. The maximum atomic E-state index is 11.6. The summed E-state index contributed by atoms with van der Waals surface area (Å²) in [5, 5.41) is 8.27. The second-order valence-electron chi connectivity index (χ2n) is 4.23. The van der Waals surface area contributed by atoms with E-state index in [2.05, 4.69) is 10.2 Å². The molecule has 1 unspecified atom stereocenters. The van der Waals surface area contributed by atoms with Crippen molar-refractivity contribution in [2.45, 2.75) is 12.3 Å². The molecule has 1 fully saturated rings. The van der Waals surface area contributed by atoms with Crippen LogP contribution in [0.4, 0.5) is 0 Å². The summed E-state index contributed by atoms with van der Waals surface area (Å²) in [6.45, 7) is 1.40. The average Bonchev–Trinajstić information content (AvgIpc) is 3.05. The second-order valence-corrected chi connectivity index (χ2v) is 4.23. The minimum atomic E-state index is -0.401. The van der Waals surface area contributed by atoms with Gasteiger partial charge < -0.3 is 9.47 Å². The quantitative estimate of drug-likeness (QED) is 0.741. The Labute approximate surface area is 104 Å². The number of fused-ring (bicyclic) bond motifs is 1. The van der Waals surface area contributed by atoms with E-state index in [-0.39, 0.29) is 5.92 Å². The molecule has 2 aromatic heterocycles. The summed E-state index contributed by atoms with van der Waals surface area (Å²) in [6, 6.07) is 3.48. The number of carbonyl (C=O) groups is 1. The van der Waals surface area contributed by atoms with Gasteiger partial charge in [-0.15, -0.1) is 10.2 Å². The molecule has 0 aromatic carbocycles. The van der Waals surface area contributed by atoms with E-state index < -0.39 is 5.97 Å². The number of nitrogens with zero attached hydrogens (tertiary/aromatic N) is 3. The largest absolute Gasteiger partial charge is 0.465 e. The minimum Gasteiger partial charge on any atom is -0.465 e. The van der Waals surface area contributed by atoms with Gasteiger partial charge in [0.15, 0.2) is 5.65 Å². The molecule has 1 atom stereocenters. The van der Waals surface area contributed by atoms with Gasteiger partial charge in [0.1, 0.15) is 11.4 Å². The summed E-state index contributed by atoms with van der Waals surface area (Å²) in [6.07, 6.45) is 2.79. The van der Waals surface area contributed by atoms with Crippen LogP contribution in [-0.2, 0) is 9.47 Å². The van der Waals surface area contributed by atoms with Crippen molar-refractivity contribution in [3.05, 3.63) is 29.7 Å². The molecule has 3 rings (SSSR count). The van der Waals surface area contributed by atoms with Crippen molar-refractivity contribution in [3.8, 4) is 0 Å². The number of esters is 1. The number of methoxy groups -OCH3 is 1. The third-order valence-corrected chi connectivity index (χ3v) is 3.16. The highest BCUT2D eigenvalue weighted by atomic mass is 16.5. The van der Waals surface area contributed by atoms with E-state index in [1.54, 1.807) is 12.1 Å². The Morgan fingerprint density at radius 2 is 2.44 bits per heavy atom. The maximum Gasteiger partial charge on any atom is 0.341 e. The SMILES string of the molecule is COC(=O)c1cccn2c(C3CCOC3)nnc12. The first kappa shape index (κ1) is 11.2. The van der Waals surface area contributed by atoms with Crippen molar-refractivity contribution in [1.82, 2.24) is 14.6 Å². The summed E-state index contributed by atoms with van der Waals surface area (Å²) in [4.78, 5) is 11.6. The minimum absolute atomic E-state index is 0.243. The van der Waals surface area contributed by atoms with Crippen LogP contribution in [0.25, 0.3) is 5.65 Å². The Morgan fingerprint density at radius 1 is 1.56 bits per heavy atom. The molecule has 0 aliphatic carbocycles. The molecule has 0 radical (unpaired) electrons. The number of hydrogen-bond acceptors (Lipinski definition) is 5. The summed E-state index contributed by atoms with van der Waals surface area (Å²) in [5.41, 5.74) is 0.962. The van der Waals surface area contributed by atoms with Gasteiger partial charge >= 0.3 is 5.97 Å². The van der Waals surface area contributed by atoms with Gasteiger partial charge in [0.2, 0.25) is 0 Å². The lowest BCUT2D eigenvalue weighted by Gasteiger charge is -2.06. The average molecular weight is 247 g/mol. The highest BCUT2D eigenvalue weighted by Gasteiger charge is 2.24. The monoisotopic (exact) mass is 247 g/mol. The zero-order chi connectivity index (χ0) is 12.5. The number of carbonyl (C=O) groups excluding carboxylic acids is 1. The summed E-state index contributed by atoms with van der Waals surface area (Å²) in [7, 11) is 1.36. The molecule has 1 aliphatic heterocycles. The molecule has 0 amide bonds. The standard InChI is InChI=1S/C12H13N3O3/c1-17-12(16)9-3-2-5-15-10(13-14-11(9)15)8-4-6-18-7-8/h2-3,5,8H,4,6-7H2,1H3. The fraction of sp³-hybridized carbons (Fsp3) is 0.417. The highest BCUT2D eigenvalue weighted by Crippen LogP contribution is 2.24. The smallest absolute Gasteiger partial charge is 0.341 e. The Bertz CT molecular complexity index is 587. The molecule has 1 saturated heterocycles. The molecule has 94 valence electrons. The normalized spacial score (nSPS) is 19.3. The van der Waals surface area contributed by atoms with Crippen LogP contribution in [0.2, 0.25) is 0 Å². The van der Waals surface area contributed by atoms with Gasteiger partial charge in [-0.2, -0.15) is 0 Å². The molecular formula is C12H13N3O3. The molecule has 2 aromatic rings. The topological polar surface area (TPSA) is 65.7 Å². The van der Waals surface area contributed by atoms with E-state index in [1.807, 2.05) is 10.6 Å². The molecule has 0 N–H and O–H groups in total. The lowest BCUT2D eigenvalue weighted by molar-refractivity contribution is 0.0602. The first-order chi connectivity index (χ1) is 8.81. The van der Waals surface area contributed by atoms with Crippen LogP contribution in [-0.4, -0.2) is 40.9 Å². The van der Waals surface area contributed by atoms with Crippen molar-refractivity contribution in [2.75, 3.05) is 20.3 Å². The molecule has 6 nitrogen and oxygen atoms in total. The molecule has 18 heavy (non-hydrogen) atoms. The molecular weight excluding hydrogens is 234 g/mol. The van der Waals surface area contributed by atoms with Crippen LogP contribution >= 0.6 is 0 Å². The van der Waals surface area contributed by atoms with Crippen molar-refractivity contribution < 1.29 is 14.3 Å². The predicted molar refractivity (Wildman–Crippen MR) is 62.5 cm³/mol. The number of ether oxygens (including phenoxy) is 2. The first-order valence-corrected chi connectivity index (χ1v) is 5.81. The van der Waals surface area contributed by atoms with Crippen LogP contribution in [0, 0.1) is 0 Å². The van der Waals surface area contributed by atoms with E-state index in [1.165, 1.54) is 7.11 Å². The van der Waals surface area contributed by atoms with Crippen molar-refractivity contribution in [3.63, 3.8) is 0 Å². The molecule has 0 spiro atoms. The van der Waals surface area contributed by atoms with Gasteiger partial charge in [-0.05, 0) is 18.6 Å². The van der Waals surface area contributed by atoms with E-state index in [9.17, 15) is 4.79 Å². The molecule has 6 heteroatoms. The van der Waals surface area contributed by atoms with Gasteiger partial charge in [-0.1, -0.05) is 0 Å². The number of hydrogen-bond donors (Lipinski definition) is 0. The zero-order valence-corrected chi connectivity index (χ0v) is 10.00. The Hall–Kier alpha value is -1.95. The van der Waals surface area contributed by atoms with E-state index >= 15 is 0 Å². The fourth-order valence-electron chi connectivity index (χ4n) is 2.22. The molecule has 3 heterocycles. The van der Waals surface area contributed by atoms with Gasteiger partial charge in [0.25, 0.3) is 0 Å². The fourth-order valence-corrected chi connectivity index (χ4v) is 2.22. The Morgan fingerprint density at radius 3 is 3.17 bits per heavy atom. The van der Waals surface area contributed by atoms with Crippen molar-refractivity contribution >= 4 is 11.6 Å². The summed E-state index contributed by atoms with van der Waals surface area (Å²) < 4.78 is 11.9. The maximum absolute atomic E-state index is 11.6. The lowest BCUT2D eigenvalue weighted by Crippen LogP contribution is -2.07. The van der Waals surface area contributed by atoms with E-state index in [0.29, 0.717) is 17.8 Å². The van der Waals surface area contributed by atoms with E-state index in [0.717, 1.165) is 18.9 Å². The van der Waals surface area contributed by atoms with Crippen molar-refractivity contribution in [2.24, 2.45) is 0 Å². The van der Waals surface area contributed by atoms with Gasteiger partial charge in [0, 0.05) is 18.7 Å². The first-order valence-electron chi connectivity index (χ1n) is 5.81. The predicted octanol–water partition coefficient (Wildman–Crippen LogP) is 1.02. The van der Waals surface area contributed by atoms with E-state index in [4.69, 9.17) is 9.47 Å². The highest BCUT2D eigenvalue weighted by molar-refractivity contribution is 5.95. The molecule has 0 bridgehead atoms. The lowest BCUT2D eigenvalue weighted by atomic mass is 10.1. The van der Waals surface area contributed by atoms with Crippen LogP contribution in [0.1, 0.15) is 28.5 Å². The third-order valence-electron chi connectivity index (χ3n) is 3.16. The van der Waals surface area contributed by atoms with Crippen LogP contribution in [0.5, 0.6) is 0 Å². The Kier molecular flexibility index (Phi) is 2.71. The van der Waals surface area contributed by atoms with Crippen LogP contribution < -0.4 is 0 Å². The summed E-state index contributed by atoms with van der Waals surface area (Å²) in [5.74, 6) is 0.684. The van der Waals surface area contributed by atoms with Crippen LogP contribution in [0.15, 0.2) is 18.3 Å². The number of rotatable bonds is 2. The number of aromatic nitrogens is 3. The van der Waals surface area contributed by atoms with Crippen LogP contribution in [0.3, 0.4) is 0 Å². The molecule has 1 aliphatic rings. The number of pyridine rings is 1. The van der Waals surface area contributed by atoms with Gasteiger partial charge in [-0.3, -0.25) is 4.40 Å². The third kappa shape index (κ3) is 1.65. The van der Waals surface area contributed by atoms with Gasteiger partial charge in [-0.25, -0.2) is 4.79 Å². The second kappa shape index (κ2) is 4.38. The molecule has 0 saturated carbocycles. The zero-order valence-electron chi connectivity index (χ0n) is 10.00. The van der Waals surface area contributed by atoms with Crippen molar-refractivity contribution in [1.29, 1.82) is 0 Å².